The summed E-state index contributed by atoms with van der Waals surface area (Å²) in [5, 5.41) is 22.1. The van der Waals surface area contributed by atoms with E-state index in [9.17, 15) is 19.8 Å². The number of aliphatic hydroxyl groups excluding tert-OH is 2. The van der Waals surface area contributed by atoms with Crippen molar-refractivity contribution in [1.29, 1.82) is 0 Å². The van der Waals surface area contributed by atoms with Crippen LogP contribution in [0.1, 0.15) is 86.0 Å². The van der Waals surface area contributed by atoms with Crippen molar-refractivity contribution >= 4 is 23.5 Å². The highest BCUT2D eigenvalue weighted by Crippen LogP contribution is 2.68. The molecule has 0 amide bonds. The van der Waals surface area contributed by atoms with Gasteiger partial charge >= 0.3 is 5.97 Å². The molecule has 2 N–H and O–H groups in total. The Labute approximate surface area is 215 Å². The lowest BCUT2D eigenvalue weighted by Gasteiger charge is -2.61. The number of hydrogen-bond acceptors (Lipinski definition) is 6. The Morgan fingerprint density at radius 1 is 1.17 bits per heavy atom. The zero-order valence-electron chi connectivity index (χ0n) is 22.3. The van der Waals surface area contributed by atoms with Crippen molar-refractivity contribution in [2.45, 2.75) is 110 Å². The van der Waals surface area contributed by atoms with E-state index < -0.39 is 23.0 Å². The number of carbonyl (C=O) groups excluding carboxylic acids is 2. The first kappa shape index (κ1) is 27.2. The standard InChI is InChI=1S/C29H46O5S/c1-7-27(5)15-23(34-24(32)16-35-22-9-8-17(2)14-21(22)31)28(6)18(3)10-12-29(19(4)26(27)33)13-11-20(30)25(28)29/h7,17-19,21-23,25-26,31,33H,1,8-16H2,2-6H3/t17-,18?,19+,21-,22-,23-,25+,26+,27-,28+,29+/m1/s1. The highest BCUT2D eigenvalue weighted by atomic mass is 32.2. The largest absolute Gasteiger partial charge is 0.461 e. The molecule has 4 saturated carbocycles. The number of ether oxygens (including phenoxy) is 1. The maximum atomic E-state index is 13.5. The van der Waals surface area contributed by atoms with Gasteiger partial charge in [-0.25, -0.2) is 0 Å². The molecule has 0 aliphatic heterocycles. The Kier molecular flexibility index (Phi) is 7.61. The van der Waals surface area contributed by atoms with Crippen LogP contribution < -0.4 is 0 Å². The summed E-state index contributed by atoms with van der Waals surface area (Å²) in [6, 6.07) is 0. The maximum absolute atomic E-state index is 13.5. The van der Waals surface area contributed by atoms with Crippen LogP contribution in [0.15, 0.2) is 12.7 Å². The molecule has 0 aromatic carbocycles. The molecule has 0 aromatic heterocycles. The lowest BCUT2D eigenvalue weighted by molar-refractivity contribution is -0.205. The van der Waals surface area contributed by atoms with Crippen molar-refractivity contribution in [2.75, 3.05) is 5.75 Å². The van der Waals surface area contributed by atoms with Crippen LogP contribution in [-0.4, -0.2) is 51.3 Å². The second-order valence-electron chi connectivity index (χ2n) is 12.9. The lowest BCUT2D eigenvalue weighted by Crippen LogP contribution is -2.63. The average Bonchev–Trinajstić information content (AvgIpc) is 3.17. The van der Waals surface area contributed by atoms with E-state index in [2.05, 4.69) is 34.3 Å². The van der Waals surface area contributed by atoms with Gasteiger partial charge in [-0.05, 0) is 68.1 Å². The summed E-state index contributed by atoms with van der Waals surface area (Å²) in [6.45, 7) is 14.8. The van der Waals surface area contributed by atoms with Crippen molar-refractivity contribution in [3.63, 3.8) is 0 Å². The van der Waals surface area contributed by atoms with Crippen molar-refractivity contribution in [3.05, 3.63) is 12.7 Å². The molecular formula is C29H46O5S. The summed E-state index contributed by atoms with van der Waals surface area (Å²) in [4.78, 5) is 26.7. The maximum Gasteiger partial charge on any atom is 0.316 e. The molecule has 198 valence electrons. The van der Waals surface area contributed by atoms with E-state index >= 15 is 0 Å². The van der Waals surface area contributed by atoms with E-state index in [1.807, 2.05) is 13.0 Å². The SMILES string of the molecule is C=C[C@]1(C)C[C@@H](OC(=O)CS[C@@H]2CC[C@@H](C)C[C@H]2O)[C@]2(C)C(C)CC[C@]3(CCC(=O)[C@H]32)[C@@H](C)[C@@H]1O. The van der Waals surface area contributed by atoms with Crippen LogP contribution in [0.5, 0.6) is 0 Å². The van der Waals surface area contributed by atoms with E-state index in [1.54, 1.807) is 0 Å². The fourth-order valence-corrected chi connectivity index (χ4v) is 9.44. The fourth-order valence-electron chi connectivity index (χ4n) is 8.39. The summed E-state index contributed by atoms with van der Waals surface area (Å²) >= 11 is 1.50. The lowest BCUT2D eigenvalue weighted by atomic mass is 9.44. The van der Waals surface area contributed by atoms with E-state index in [0.717, 1.165) is 38.5 Å². The van der Waals surface area contributed by atoms with E-state index in [1.165, 1.54) is 11.8 Å². The van der Waals surface area contributed by atoms with E-state index in [4.69, 9.17) is 4.74 Å². The molecule has 1 unspecified atom stereocenters. The highest BCUT2D eigenvalue weighted by Gasteiger charge is 2.68. The minimum absolute atomic E-state index is 0.0313. The van der Waals surface area contributed by atoms with Gasteiger partial charge in [-0.3, -0.25) is 9.59 Å². The van der Waals surface area contributed by atoms with Crippen LogP contribution in [0.25, 0.3) is 0 Å². The van der Waals surface area contributed by atoms with Gasteiger partial charge in [-0.2, -0.15) is 0 Å². The van der Waals surface area contributed by atoms with Gasteiger partial charge in [0.2, 0.25) is 0 Å². The molecule has 11 atom stereocenters. The van der Waals surface area contributed by atoms with Crippen LogP contribution in [0.4, 0.5) is 0 Å². The third-order valence-corrected chi connectivity index (χ3v) is 12.4. The number of carbonyl (C=O) groups is 2. The first-order chi connectivity index (χ1) is 16.4. The summed E-state index contributed by atoms with van der Waals surface area (Å²) in [6.07, 6.45) is 6.80. The predicted octanol–water partition coefficient (Wildman–Crippen LogP) is 5.18. The molecule has 0 heterocycles. The molecular weight excluding hydrogens is 460 g/mol. The molecule has 4 aliphatic carbocycles. The number of ketones is 1. The molecule has 4 fully saturated rings. The van der Waals surface area contributed by atoms with Crippen LogP contribution >= 0.6 is 11.8 Å². The molecule has 0 radical (unpaired) electrons. The number of aliphatic hydroxyl groups is 2. The summed E-state index contributed by atoms with van der Waals surface area (Å²) < 4.78 is 6.32. The third-order valence-electron chi connectivity index (χ3n) is 11.0. The van der Waals surface area contributed by atoms with Crippen molar-refractivity contribution in [3.8, 4) is 0 Å². The molecule has 35 heavy (non-hydrogen) atoms. The molecule has 2 bridgehead atoms. The smallest absolute Gasteiger partial charge is 0.316 e. The summed E-state index contributed by atoms with van der Waals surface area (Å²) in [5.41, 5.74) is -1.36. The molecule has 0 aromatic rings. The Balaban J connectivity index is 1.62. The summed E-state index contributed by atoms with van der Waals surface area (Å²) in [5.74, 6) is 0.703. The van der Waals surface area contributed by atoms with Gasteiger partial charge in [0.25, 0.3) is 0 Å². The monoisotopic (exact) mass is 506 g/mol. The zero-order valence-corrected chi connectivity index (χ0v) is 23.1. The quantitative estimate of drug-likeness (QED) is 0.395. The van der Waals surface area contributed by atoms with Crippen molar-refractivity contribution < 1.29 is 24.5 Å². The zero-order chi connectivity index (χ0) is 25.8. The van der Waals surface area contributed by atoms with Crippen molar-refractivity contribution in [2.24, 2.45) is 39.9 Å². The van der Waals surface area contributed by atoms with Gasteiger partial charge in [-0.1, -0.05) is 40.7 Å². The first-order valence-corrected chi connectivity index (χ1v) is 14.8. The number of rotatable bonds is 5. The van der Waals surface area contributed by atoms with Crippen LogP contribution in [0.3, 0.4) is 0 Å². The Morgan fingerprint density at radius 2 is 1.89 bits per heavy atom. The van der Waals surface area contributed by atoms with Crippen LogP contribution in [-0.2, 0) is 14.3 Å². The number of Topliss-reactive ketones (excluding diaryl/α,β-unsaturated/α-hetero) is 1. The third kappa shape index (κ3) is 4.44. The van der Waals surface area contributed by atoms with E-state index in [-0.39, 0.29) is 52.0 Å². The minimum atomic E-state index is -0.652. The number of esters is 1. The number of thioether (sulfide) groups is 1. The molecule has 4 aliphatic rings. The molecule has 0 saturated heterocycles. The average molecular weight is 507 g/mol. The van der Waals surface area contributed by atoms with Gasteiger partial charge < -0.3 is 14.9 Å². The van der Waals surface area contributed by atoms with Gasteiger partial charge in [-0.15, -0.1) is 18.3 Å². The molecule has 0 spiro atoms. The highest BCUT2D eigenvalue weighted by molar-refractivity contribution is 8.00. The predicted molar refractivity (Wildman–Crippen MR) is 140 cm³/mol. The number of hydrogen-bond donors (Lipinski definition) is 2. The van der Waals surface area contributed by atoms with Gasteiger partial charge in [0.1, 0.15) is 11.9 Å². The normalized spacial score (nSPS) is 50.1. The van der Waals surface area contributed by atoms with Crippen LogP contribution in [0, 0.1) is 39.9 Å². The second-order valence-corrected chi connectivity index (χ2v) is 14.1. The minimum Gasteiger partial charge on any atom is -0.461 e. The topological polar surface area (TPSA) is 83.8 Å². The Morgan fingerprint density at radius 3 is 2.54 bits per heavy atom. The van der Waals surface area contributed by atoms with Crippen LogP contribution in [0.2, 0.25) is 0 Å². The van der Waals surface area contributed by atoms with Gasteiger partial charge in [0.15, 0.2) is 0 Å². The molecule has 6 heteroatoms. The molecule has 4 rings (SSSR count). The van der Waals surface area contributed by atoms with Crippen molar-refractivity contribution in [1.82, 2.24) is 0 Å². The Hall–Kier alpha value is -0.850. The van der Waals surface area contributed by atoms with E-state index in [0.29, 0.717) is 18.8 Å². The van der Waals surface area contributed by atoms with Gasteiger partial charge in [0.05, 0.1) is 18.0 Å². The Bertz CT molecular complexity index is 845. The molecule has 5 nitrogen and oxygen atoms in total. The fraction of sp³-hybridized carbons (Fsp3) is 0.862. The first-order valence-electron chi connectivity index (χ1n) is 13.7. The second kappa shape index (κ2) is 9.79. The van der Waals surface area contributed by atoms with Gasteiger partial charge in [0, 0.05) is 28.4 Å². The summed E-state index contributed by atoms with van der Waals surface area (Å²) in [7, 11) is 0.